The molecule has 0 aliphatic rings. The van der Waals surface area contributed by atoms with E-state index in [1.165, 1.54) is 0 Å². The maximum Gasteiger partial charge on any atom is -0.0398 e. The van der Waals surface area contributed by atoms with Crippen molar-refractivity contribution >= 4 is 0 Å². The van der Waals surface area contributed by atoms with E-state index in [1.807, 2.05) is 45.1 Å². The molecule has 0 unspecified atom stereocenters. The molecule has 0 bridgehead atoms. The fourth-order valence-electron chi connectivity index (χ4n) is 0.354. The van der Waals surface area contributed by atoms with Crippen molar-refractivity contribution in [3.63, 3.8) is 0 Å². The molecule has 0 nitrogen and oxygen atoms in total. The van der Waals surface area contributed by atoms with Gasteiger partial charge in [-0.2, -0.15) is 0 Å². The third-order valence-electron chi connectivity index (χ3n) is 0.928. The third-order valence-corrected chi connectivity index (χ3v) is 0.928. The smallest absolute Gasteiger partial charge is 0.0398 e. The lowest BCUT2D eigenvalue weighted by atomic mass is 10.3. The van der Waals surface area contributed by atoms with Crippen molar-refractivity contribution in [1.82, 2.24) is 0 Å². The van der Waals surface area contributed by atoms with Crippen LogP contribution >= 0.6 is 0 Å². The number of rotatable bonds is 3. The summed E-state index contributed by atoms with van der Waals surface area (Å²) in [5, 5.41) is 0. The molecule has 70 valence electrons. The molecule has 0 aromatic heterocycles. The Morgan fingerprint density at radius 3 is 1.92 bits per heavy atom. The van der Waals surface area contributed by atoms with Crippen LogP contribution in [0.1, 0.15) is 28.2 Å². The van der Waals surface area contributed by atoms with Gasteiger partial charge in [0.15, 0.2) is 0 Å². The summed E-state index contributed by atoms with van der Waals surface area (Å²) in [6.45, 7) is 13.2. The van der Waals surface area contributed by atoms with E-state index < -0.39 is 0 Å². The predicted molar refractivity (Wildman–Crippen MR) is 61.4 cm³/mol. The van der Waals surface area contributed by atoms with Crippen molar-refractivity contribution < 1.29 is 0 Å². The molecule has 0 atom stereocenters. The third kappa shape index (κ3) is 16.0. The van der Waals surface area contributed by atoms with Crippen LogP contribution in [0.5, 0.6) is 0 Å². The first-order chi connectivity index (χ1) is 5.31. The molecule has 0 saturated carbocycles. The second kappa shape index (κ2) is 16.5. The zero-order chi connectivity index (χ0) is 9.11. The van der Waals surface area contributed by atoms with Crippen LogP contribution < -0.4 is 0 Å². The van der Waals surface area contributed by atoms with Crippen molar-refractivity contribution in [3.8, 4) is 0 Å². The molecule has 0 fully saturated rings. The summed E-state index contributed by atoms with van der Waals surface area (Å²) < 4.78 is 0. The summed E-state index contributed by atoms with van der Waals surface area (Å²) in [4.78, 5) is 0. The van der Waals surface area contributed by atoms with Crippen molar-refractivity contribution in [2.75, 3.05) is 0 Å². The van der Waals surface area contributed by atoms with Gasteiger partial charge in [0.2, 0.25) is 0 Å². The first-order valence-corrected chi connectivity index (χ1v) is 3.89. The second-order valence-electron chi connectivity index (χ2n) is 1.74. The fourth-order valence-corrected chi connectivity index (χ4v) is 0.354. The molecule has 12 heavy (non-hydrogen) atoms. The molecule has 0 aromatic carbocycles. The van der Waals surface area contributed by atoms with Crippen LogP contribution in [-0.4, -0.2) is 0 Å². The van der Waals surface area contributed by atoms with Crippen LogP contribution in [0.3, 0.4) is 0 Å². The lowest BCUT2D eigenvalue weighted by Crippen LogP contribution is -1.60. The van der Waals surface area contributed by atoms with E-state index in [0.29, 0.717) is 0 Å². The van der Waals surface area contributed by atoms with Gasteiger partial charge in [-0.1, -0.05) is 70.4 Å². The number of allylic oxidation sites excluding steroid dienone is 6. The first-order valence-electron chi connectivity index (χ1n) is 3.89. The second-order valence-corrected chi connectivity index (χ2v) is 1.74. The molecule has 0 amide bonds. The summed E-state index contributed by atoms with van der Waals surface area (Å²) in [6, 6.07) is 0. The molecule has 0 heteroatoms. The van der Waals surface area contributed by atoms with Crippen molar-refractivity contribution in [2.24, 2.45) is 0 Å². The Morgan fingerprint density at radius 2 is 1.58 bits per heavy atom. The van der Waals surface area contributed by atoms with Gasteiger partial charge in [0, 0.05) is 0 Å². The van der Waals surface area contributed by atoms with Gasteiger partial charge in [-0.3, -0.25) is 0 Å². The Hall–Kier alpha value is -1.04. The first kappa shape index (κ1) is 17.2. The molecule has 0 rings (SSSR count). The van der Waals surface area contributed by atoms with Gasteiger partial charge in [0.05, 0.1) is 0 Å². The van der Waals surface area contributed by atoms with Gasteiger partial charge in [-0.05, 0) is 6.92 Å². The molecule has 0 aliphatic carbocycles. The predicted octanol–water partition coefficient (Wildman–Crippen LogP) is 4.52. The van der Waals surface area contributed by atoms with Gasteiger partial charge in [0.1, 0.15) is 0 Å². The average molecular weight is 166 g/mol. The quantitative estimate of drug-likeness (QED) is 0.541. The average Bonchev–Trinajstić information content (AvgIpc) is 2.08. The maximum atomic E-state index is 3.61. The molecule has 0 spiro atoms. The van der Waals surface area contributed by atoms with Crippen molar-refractivity contribution in [2.45, 2.75) is 28.2 Å². The molecular formula is C12H22. The molecule has 0 heterocycles. The molecule has 0 saturated heterocycles. The summed E-state index contributed by atoms with van der Waals surface area (Å²) in [5.41, 5.74) is 1.16. The normalized spacial score (nSPS) is 9.42. The largest absolute Gasteiger partial charge is 0.0991 e. The van der Waals surface area contributed by atoms with Crippen molar-refractivity contribution in [3.05, 3.63) is 49.1 Å². The Balaban J connectivity index is -0.000000249. The molecule has 0 radical (unpaired) electrons. The van der Waals surface area contributed by atoms with Crippen molar-refractivity contribution in [1.29, 1.82) is 0 Å². The van der Waals surface area contributed by atoms with E-state index in [1.54, 1.807) is 6.08 Å². The Labute approximate surface area is 78.0 Å². The highest BCUT2D eigenvalue weighted by atomic mass is 13.8. The molecule has 0 aromatic rings. The van der Waals surface area contributed by atoms with Crippen LogP contribution in [0.4, 0.5) is 0 Å². The Morgan fingerprint density at radius 1 is 1.08 bits per heavy atom. The Bertz CT molecular complexity index is 147. The van der Waals surface area contributed by atoms with E-state index in [-0.39, 0.29) is 7.43 Å². The number of hydrogen-bond acceptors (Lipinski definition) is 0. The summed E-state index contributed by atoms with van der Waals surface area (Å²) >= 11 is 0. The SMILES string of the molecule is C.C=C/C=C\C=C(/C)C=C.CC. The minimum Gasteiger partial charge on any atom is -0.0991 e. The zero-order valence-electron chi connectivity index (χ0n) is 7.80. The van der Waals surface area contributed by atoms with E-state index in [0.717, 1.165) is 5.57 Å². The molecule has 0 aliphatic heterocycles. The summed E-state index contributed by atoms with van der Waals surface area (Å²) in [5.74, 6) is 0. The minimum absolute atomic E-state index is 0. The highest BCUT2D eigenvalue weighted by Crippen LogP contribution is 1.91. The lowest BCUT2D eigenvalue weighted by Gasteiger charge is -1.81. The molecule has 0 N–H and O–H groups in total. The Kier molecular flexibility index (Phi) is 23.6. The van der Waals surface area contributed by atoms with Crippen LogP contribution in [0.25, 0.3) is 0 Å². The molecular weight excluding hydrogens is 144 g/mol. The summed E-state index contributed by atoms with van der Waals surface area (Å²) in [7, 11) is 0. The van der Waals surface area contributed by atoms with Gasteiger partial charge in [0.25, 0.3) is 0 Å². The van der Waals surface area contributed by atoms with E-state index in [4.69, 9.17) is 0 Å². The van der Waals surface area contributed by atoms with Gasteiger partial charge < -0.3 is 0 Å². The minimum atomic E-state index is 0. The highest BCUT2D eigenvalue weighted by molar-refractivity contribution is 5.21. The monoisotopic (exact) mass is 166 g/mol. The van der Waals surface area contributed by atoms with Gasteiger partial charge in [-0.25, -0.2) is 0 Å². The summed E-state index contributed by atoms with van der Waals surface area (Å²) in [6.07, 6.45) is 9.35. The highest BCUT2D eigenvalue weighted by Gasteiger charge is 1.70. The van der Waals surface area contributed by atoms with E-state index >= 15 is 0 Å². The fraction of sp³-hybridized carbons (Fsp3) is 0.333. The van der Waals surface area contributed by atoms with Crippen LogP contribution in [-0.2, 0) is 0 Å². The van der Waals surface area contributed by atoms with Crippen LogP contribution in [0.15, 0.2) is 49.1 Å². The van der Waals surface area contributed by atoms with E-state index in [2.05, 4.69) is 13.2 Å². The van der Waals surface area contributed by atoms with Gasteiger partial charge in [-0.15, -0.1) is 0 Å². The van der Waals surface area contributed by atoms with Gasteiger partial charge >= 0.3 is 0 Å². The van der Waals surface area contributed by atoms with Crippen LogP contribution in [0, 0.1) is 0 Å². The number of hydrogen-bond donors (Lipinski definition) is 0. The maximum absolute atomic E-state index is 3.61. The zero-order valence-corrected chi connectivity index (χ0v) is 7.80. The van der Waals surface area contributed by atoms with E-state index in [9.17, 15) is 0 Å². The standard InChI is InChI=1S/C9H12.C2H6.CH4/c1-4-6-7-8-9(3)5-2;1-2;/h4-8H,1-2H2,3H3;1-2H3;1H4/b7-6-,9-8+;;. The topological polar surface area (TPSA) is 0 Å². The van der Waals surface area contributed by atoms with Crippen LogP contribution in [0.2, 0.25) is 0 Å². The lowest BCUT2D eigenvalue weighted by molar-refractivity contribution is 1.50.